The molecule has 0 spiro atoms. The molecule has 3 nitrogen and oxygen atoms in total. The van der Waals surface area contributed by atoms with Gasteiger partial charge in [-0.15, -0.1) is 0 Å². The molecule has 0 N–H and O–H groups in total. The standard InChI is InChI=1S/C13H18O3/c1-9(2)15-12-6-11(14-3)7-13(8-12)16-10-4-5-10/h6-10H,4-5H2,1-3H3. The summed E-state index contributed by atoms with van der Waals surface area (Å²) < 4.78 is 16.6. The Kier molecular flexibility index (Phi) is 3.22. The highest BCUT2D eigenvalue weighted by Crippen LogP contribution is 2.32. The quantitative estimate of drug-likeness (QED) is 0.766. The van der Waals surface area contributed by atoms with Crippen molar-refractivity contribution < 1.29 is 14.2 Å². The first-order chi connectivity index (χ1) is 7.67. The van der Waals surface area contributed by atoms with Crippen LogP contribution in [0.5, 0.6) is 17.2 Å². The zero-order valence-electron chi connectivity index (χ0n) is 10.0. The highest BCUT2D eigenvalue weighted by molar-refractivity contribution is 5.42. The average molecular weight is 222 g/mol. The second-order valence-electron chi connectivity index (χ2n) is 4.33. The predicted molar refractivity (Wildman–Crippen MR) is 62.4 cm³/mol. The molecular formula is C13H18O3. The summed E-state index contributed by atoms with van der Waals surface area (Å²) in [6.45, 7) is 4.00. The average Bonchev–Trinajstić information content (AvgIpc) is 3.00. The molecule has 88 valence electrons. The number of ether oxygens (including phenoxy) is 3. The third-order valence-electron chi connectivity index (χ3n) is 2.29. The van der Waals surface area contributed by atoms with Gasteiger partial charge in [-0.05, 0) is 26.7 Å². The minimum Gasteiger partial charge on any atom is -0.496 e. The largest absolute Gasteiger partial charge is 0.496 e. The maximum Gasteiger partial charge on any atom is 0.127 e. The highest BCUT2D eigenvalue weighted by Gasteiger charge is 2.24. The lowest BCUT2D eigenvalue weighted by Crippen LogP contribution is -2.06. The van der Waals surface area contributed by atoms with Crippen LogP contribution in [0.3, 0.4) is 0 Å². The van der Waals surface area contributed by atoms with Gasteiger partial charge in [0.15, 0.2) is 0 Å². The van der Waals surface area contributed by atoms with E-state index in [-0.39, 0.29) is 6.10 Å². The molecule has 0 saturated heterocycles. The second-order valence-corrected chi connectivity index (χ2v) is 4.33. The van der Waals surface area contributed by atoms with Gasteiger partial charge < -0.3 is 14.2 Å². The lowest BCUT2D eigenvalue weighted by molar-refractivity contribution is 0.237. The smallest absolute Gasteiger partial charge is 0.127 e. The normalized spacial score (nSPS) is 15.0. The number of methoxy groups -OCH3 is 1. The Morgan fingerprint density at radius 2 is 1.69 bits per heavy atom. The van der Waals surface area contributed by atoms with Crippen molar-refractivity contribution >= 4 is 0 Å². The van der Waals surface area contributed by atoms with Gasteiger partial charge in [0.2, 0.25) is 0 Å². The van der Waals surface area contributed by atoms with Gasteiger partial charge >= 0.3 is 0 Å². The molecule has 1 aromatic carbocycles. The number of benzene rings is 1. The van der Waals surface area contributed by atoms with E-state index < -0.39 is 0 Å². The third kappa shape index (κ3) is 3.05. The molecule has 0 aromatic heterocycles. The van der Waals surface area contributed by atoms with E-state index in [0.717, 1.165) is 30.1 Å². The van der Waals surface area contributed by atoms with Gasteiger partial charge in [-0.1, -0.05) is 0 Å². The highest BCUT2D eigenvalue weighted by atomic mass is 16.5. The number of hydrogen-bond donors (Lipinski definition) is 0. The Morgan fingerprint density at radius 3 is 2.25 bits per heavy atom. The second kappa shape index (κ2) is 4.64. The van der Waals surface area contributed by atoms with Crippen molar-refractivity contribution in [1.82, 2.24) is 0 Å². The molecule has 1 aromatic rings. The fourth-order valence-corrected chi connectivity index (χ4v) is 1.45. The number of hydrogen-bond acceptors (Lipinski definition) is 3. The van der Waals surface area contributed by atoms with E-state index >= 15 is 0 Å². The molecular weight excluding hydrogens is 204 g/mol. The van der Waals surface area contributed by atoms with Crippen LogP contribution < -0.4 is 14.2 Å². The molecule has 16 heavy (non-hydrogen) atoms. The molecule has 1 saturated carbocycles. The third-order valence-corrected chi connectivity index (χ3v) is 2.29. The lowest BCUT2D eigenvalue weighted by atomic mass is 10.3. The predicted octanol–water partition coefficient (Wildman–Crippen LogP) is 3.02. The van der Waals surface area contributed by atoms with E-state index in [1.807, 2.05) is 32.0 Å². The van der Waals surface area contributed by atoms with Crippen LogP contribution in [0.15, 0.2) is 18.2 Å². The van der Waals surface area contributed by atoms with Crippen molar-refractivity contribution in [1.29, 1.82) is 0 Å². The van der Waals surface area contributed by atoms with Crippen LogP contribution in [-0.4, -0.2) is 19.3 Å². The molecule has 0 amide bonds. The van der Waals surface area contributed by atoms with Gasteiger partial charge in [0.25, 0.3) is 0 Å². The molecule has 0 radical (unpaired) electrons. The zero-order valence-corrected chi connectivity index (χ0v) is 10.0. The van der Waals surface area contributed by atoms with Gasteiger partial charge in [-0.3, -0.25) is 0 Å². The molecule has 1 aliphatic rings. The van der Waals surface area contributed by atoms with Crippen LogP contribution in [0.25, 0.3) is 0 Å². The molecule has 1 fully saturated rings. The van der Waals surface area contributed by atoms with Crippen LogP contribution in [-0.2, 0) is 0 Å². The Hall–Kier alpha value is -1.38. The summed E-state index contributed by atoms with van der Waals surface area (Å²) in [6, 6.07) is 5.69. The first-order valence-corrected chi connectivity index (χ1v) is 5.70. The SMILES string of the molecule is COc1cc(OC(C)C)cc(OC2CC2)c1. The van der Waals surface area contributed by atoms with E-state index in [1.165, 1.54) is 0 Å². The Balaban J connectivity index is 2.15. The van der Waals surface area contributed by atoms with E-state index in [1.54, 1.807) is 7.11 Å². The van der Waals surface area contributed by atoms with E-state index in [4.69, 9.17) is 14.2 Å². The molecule has 0 heterocycles. The monoisotopic (exact) mass is 222 g/mol. The van der Waals surface area contributed by atoms with Gasteiger partial charge in [-0.25, -0.2) is 0 Å². The Bertz CT molecular complexity index is 334. The first-order valence-electron chi connectivity index (χ1n) is 5.70. The summed E-state index contributed by atoms with van der Waals surface area (Å²) in [5.74, 6) is 2.40. The van der Waals surface area contributed by atoms with Crippen LogP contribution in [0.2, 0.25) is 0 Å². The van der Waals surface area contributed by atoms with Crippen LogP contribution in [0.4, 0.5) is 0 Å². The van der Waals surface area contributed by atoms with Gasteiger partial charge in [0.1, 0.15) is 17.2 Å². The summed E-state index contributed by atoms with van der Waals surface area (Å²) in [5.41, 5.74) is 0. The van der Waals surface area contributed by atoms with E-state index in [0.29, 0.717) is 6.10 Å². The first kappa shape index (κ1) is 11.1. The molecule has 0 aliphatic heterocycles. The Morgan fingerprint density at radius 1 is 1.06 bits per heavy atom. The van der Waals surface area contributed by atoms with Crippen LogP contribution in [0, 0.1) is 0 Å². The molecule has 0 bridgehead atoms. The molecule has 3 heteroatoms. The maximum absolute atomic E-state index is 5.73. The minimum absolute atomic E-state index is 0.154. The fraction of sp³-hybridized carbons (Fsp3) is 0.538. The molecule has 0 unspecified atom stereocenters. The maximum atomic E-state index is 5.73. The van der Waals surface area contributed by atoms with Crippen molar-refractivity contribution in [2.24, 2.45) is 0 Å². The zero-order chi connectivity index (χ0) is 11.5. The van der Waals surface area contributed by atoms with E-state index in [2.05, 4.69) is 0 Å². The van der Waals surface area contributed by atoms with Crippen LogP contribution in [0.1, 0.15) is 26.7 Å². The number of rotatable bonds is 5. The summed E-state index contributed by atoms with van der Waals surface area (Å²) in [6.07, 6.45) is 2.84. The molecule has 1 aliphatic carbocycles. The summed E-state index contributed by atoms with van der Waals surface area (Å²) in [4.78, 5) is 0. The summed E-state index contributed by atoms with van der Waals surface area (Å²) in [7, 11) is 1.65. The van der Waals surface area contributed by atoms with Crippen molar-refractivity contribution in [3.8, 4) is 17.2 Å². The fourth-order valence-electron chi connectivity index (χ4n) is 1.45. The summed E-state index contributed by atoms with van der Waals surface area (Å²) in [5, 5.41) is 0. The van der Waals surface area contributed by atoms with Crippen molar-refractivity contribution in [3.63, 3.8) is 0 Å². The van der Waals surface area contributed by atoms with Gasteiger partial charge in [-0.2, -0.15) is 0 Å². The van der Waals surface area contributed by atoms with Gasteiger partial charge in [0, 0.05) is 18.2 Å². The van der Waals surface area contributed by atoms with Crippen molar-refractivity contribution in [2.45, 2.75) is 38.9 Å². The van der Waals surface area contributed by atoms with E-state index in [9.17, 15) is 0 Å². The Labute approximate surface area is 96.3 Å². The topological polar surface area (TPSA) is 27.7 Å². The van der Waals surface area contributed by atoms with Crippen molar-refractivity contribution in [3.05, 3.63) is 18.2 Å². The summed E-state index contributed by atoms with van der Waals surface area (Å²) >= 11 is 0. The molecule has 0 atom stereocenters. The van der Waals surface area contributed by atoms with Crippen molar-refractivity contribution in [2.75, 3.05) is 7.11 Å². The minimum atomic E-state index is 0.154. The van der Waals surface area contributed by atoms with Gasteiger partial charge in [0.05, 0.1) is 19.3 Å². The van der Waals surface area contributed by atoms with Crippen LogP contribution >= 0.6 is 0 Å². The molecule has 2 rings (SSSR count). The lowest BCUT2D eigenvalue weighted by Gasteiger charge is -2.13.